The number of nitrogens with zero attached hydrogens (tertiary/aromatic N) is 3. The predicted octanol–water partition coefficient (Wildman–Crippen LogP) is 1.82. The van der Waals surface area contributed by atoms with Crippen LogP contribution in [0.2, 0.25) is 0 Å². The maximum Gasteiger partial charge on any atom is 0.267 e. The number of nitrogens with one attached hydrogen (secondary N) is 1. The van der Waals surface area contributed by atoms with Gasteiger partial charge in [0.05, 0.1) is 12.2 Å². The fraction of sp³-hybridized carbons (Fsp3) is 0.357. The van der Waals surface area contributed by atoms with Crippen molar-refractivity contribution in [3.05, 3.63) is 52.1 Å². The molecule has 0 atom stereocenters. The Kier molecular flexibility index (Phi) is 4.28. The van der Waals surface area contributed by atoms with Gasteiger partial charge < -0.3 is 5.32 Å². The van der Waals surface area contributed by atoms with E-state index < -0.39 is 0 Å². The van der Waals surface area contributed by atoms with Gasteiger partial charge in [-0.3, -0.25) is 4.79 Å². The Morgan fingerprint density at radius 1 is 1.26 bits per heavy atom. The first-order valence-corrected chi connectivity index (χ1v) is 6.42. The van der Waals surface area contributed by atoms with Gasteiger partial charge in [0.15, 0.2) is 0 Å². The molecule has 2 aromatic heterocycles. The van der Waals surface area contributed by atoms with Crippen molar-refractivity contribution in [1.82, 2.24) is 14.8 Å². The highest BCUT2D eigenvalue weighted by molar-refractivity contribution is 5.35. The van der Waals surface area contributed by atoms with Crippen LogP contribution >= 0.6 is 0 Å². The SMILES string of the molecule is CCCNc1ccc(Cn2nc(C)ccc2=O)cn1. The normalized spacial score (nSPS) is 10.4. The first kappa shape index (κ1) is 13.3. The molecule has 5 heteroatoms. The molecule has 0 aliphatic heterocycles. The summed E-state index contributed by atoms with van der Waals surface area (Å²) in [6.45, 7) is 5.33. The van der Waals surface area contributed by atoms with Gasteiger partial charge in [-0.15, -0.1) is 0 Å². The van der Waals surface area contributed by atoms with E-state index in [9.17, 15) is 4.79 Å². The zero-order chi connectivity index (χ0) is 13.7. The van der Waals surface area contributed by atoms with Gasteiger partial charge in [0.2, 0.25) is 0 Å². The molecule has 2 aromatic rings. The highest BCUT2D eigenvalue weighted by Gasteiger charge is 2.01. The largest absolute Gasteiger partial charge is 0.370 e. The second kappa shape index (κ2) is 6.13. The van der Waals surface area contributed by atoms with Crippen molar-refractivity contribution in [2.24, 2.45) is 0 Å². The van der Waals surface area contributed by atoms with Gasteiger partial charge in [-0.05, 0) is 31.0 Å². The molecule has 0 unspecified atom stereocenters. The van der Waals surface area contributed by atoms with E-state index >= 15 is 0 Å². The molecule has 0 aliphatic carbocycles. The van der Waals surface area contributed by atoms with Crippen molar-refractivity contribution in [2.45, 2.75) is 26.8 Å². The smallest absolute Gasteiger partial charge is 0.267 e. The third-order valence-corrected chi connectivity index (χ3v) is 2.71. The molecule has 0 saturated carbocycles. The van der Waals surface area contributed by atoms with Crippen LogP contribution in [0.25, 0.3) is 0 Å². The summed E-state index contributed by atoms with van der Waals surface area (Å²) in [6, 6.07) is 7.13. The van der Waals surface area contributed by atoms with Crippen LogP contribution in [-0.4, -0.2) is 21.3 Å². The molecular weight excluding hydrogens is 240 g/mol. The molecule has 0 radical (unpaired) electrons. The molecule has 5 nitrogen and oxygen atoms in total. The van der Waals surface area contributed by atoms with Crippen LogP contribution in [0.15, 0.2) is 35.3 Å². The van der Waals surface area contributed by atoms with Crippen molar-refractivity contribution in [1.29, 1.82) is 0 Å². The Morgan fingerprint density at radius 2 is 2.11 bits per heavy atom. The summed E-state index contributed by atoms with van der Waals surface area (Å²) < 4.78 is 1.45. The minimum absolute atomic E-state index is 0.0983. The Balaban J connectivity index is 2.11. The van der Waals surface area contributed by atoms with Gasteiger partial charge in [-0.2, -0.15) is 5.10 Å². The fourth-order valence-corrected chi connectivity index (χ4v) is 1.71. The fourth-order valence-electron chi connectivity index (χ4n) is 1.71. The maximum absolute atomic E-state index is 11.7. The van der Waals surface area contributed by atoms with Crippen LogP contribution in [0.1, 0.15) is 24.6 Å². The molecule has 19 heavy (non-hydrogen) atoms. The van der Waals surface area contributed by atoms with Gasteiger partial charge >= 0.3 is 0 Å². The van der Waals surface area contributed by atoms with E-state index in [4.69, 9.17) is 0 Å². The van der Waals surface area contributed by atoms with Crippen LogP contribution in [0.3, 0.4) is 0 Å². The quantitative estimate of drug-likeness (QED) is 0.888. The first-order valence-electron chi connectivity index (χ1n) is 6.42. The maximum atomic E-state index is 11.7. The number of anilines is 1. The van der Waals surface area contributed by atoms with Crippen molar-refractivity contribution in [2.75, 3.05) is 11.9 Å². The minimum Gasteiger partial charge on any atom is -0.370 e. The van der Waals surface area contributed by atoms with E-state index in [-0.39, 0.29) is 5.56 Å². The van der Waals surface area contributed by atoms with Gasteiger partial charge in [-0.25, -0.2) is 9.67 Å². The number of rotatable bonds is 5. The highest BCUT2D eigenvalue weighted by atomic mass is 16.1. The summed E-state index contributed by atoms with van der Waals surface area (Å²) >= 11 is 0. The molecule has 2 rings (SSSR count). The zero-order valence-electron chi connectivity index (χ0n) is 11.3. The van der Waals surface area contributed by atoms with Crippen LogP contribution in [-0.2, 0) is 6.54 Å². The Bertz CT molecular complexity index is 589. The average molecular weight is 258 g/mol. The van der Waals surface area contributed by atoms with Gasteiger partial charge in [0, 0.05) is 18.8 Å². The van der Waals surface area contributed by atoms with Gasteiger partial charge in [-0.1, -0.05) is 13.0 Å². The summed E-state index contributed by atoms with van der Waals surface area (Å²) in [6.07, 6.45) is 2.83. The van der Waals surface area contributed by atoms with Crippen LogP contribution in [0.4, 0.5) is 5.82 Å². The number of pyridine rings is 1. The lowest BCUT2D eigenvalue weighted by Gasteiger charge is -2.07. The van der Waals surface area contributed by atoms with E-state index in [0.717, 1.165) is 30.0 Å². The molecule has 0 saturated heterocycles. The standard InChI is InChI=1S/C14H18N4O/c1-3-8-15-13-6-5-12(9-16-13)10-18-14(19)7-4-11(2)17-18/h4-7,9H,3,8,10H2,1-2H3,(H,15,16). The highest BCUT2D eigenvalue weighted by Crippen LogP contribution is 2.05. The van der Waals surface area contributed by atoms with Crippen molar-refractivity contribution in [3.8, 4) is 0 Å². The summed E-state index contributed by atoms with van der Waals surface area (Å²) in [5, 5.41) is 7.41. The molecule has 0 fully saturated rings. The van der Waals surface area contributed by atoms with Crippen molar-refractivity contribution < 1.29 is 0 Å². The topological polar surface area (TPSA) is 59.8 Å². The molecule has 0 aliphatic rings. The van der Waals surface area contributed by atoms with Crippen molar-refractivity contribution >= 4 is 5.82 Å². The Morgan fingerprint density at radius 3 is 2.79 bits per heavy atom. The second-order valence-corrected chi connectivity index (χ2v) is 4.45. The van der Waals surface area contributed by atoms with E-state index in [2.05, 4.69) is 22.3 Å². The molecule has 2 heterocycles. The second-order valence-electron chi connectivity index (χ2n) is 4.45. The summed E-state index contributed by atoms with van der Waals surface area (Å²) in [4.78, 5) is 16.0. The number of aryl methyl sites for hydroxylation is 1. The van der Waals surface area contributed by atoms with Crippen LogP contribution < -0.4 is 10.9 Å². The monoisotopic (exact) mass is 258 g/mol. The van der Waals surface area contributed by atoms with Gasteiger partial charge in [0.1, 0.15) is 5.82 Å². The predicted molar refractivity (Wildman–Crippen MR) is 75.4 cm³/mol. The lowest BCUT2D eigenvalue weighted by Crippen LogP contribution is -2.23. The minimum atomic E-state index is -0.0983. The van der Waals surface area contributed by atoms with Crippen LogP contribution in [0, 0.1) is 6.92 Å². The van der Waals surface area contributed by atoms with E-state index in [1.54, 1.807) is 12.3 Å². The first-order chi connectivity index (χ1) is 9.19. The number of aromatic nitrogens is 3. The molecular formula is C14H18N4O. The number of hydrogen-bond acceptors (Lipinski definition) is 4. The number of hydrogen-bond donors (Lipinski definition) is 1. The van der Waals surface area contributed by atoms with E-state index in [1.807, 2.05) is 19.1 Å². The third-order valence-electron chi connectivity index (χ3n) is 2.71. The van der Waals surface area contributed by atoms with E-state index in [1.165, 1.54) is 10.7 Å². The summed E-state index contributed by atoms with van der Waals surface area (Å²) in [5.74, 6) is 0.857. The van der Waals surface area contributed by atoms with E-state index in [0.29, 0.717) is 6.54 Å². The molecule has 0 amide bonds. The Labute approximate surface area is 112 Å². The molecule has 1 N–H and O–H groups in total. The summed E-state index contributed by atoms with van der Waals surface area (Å²) in [7, 11) is 0. The Hall–Kier alpha value is -2.17. The average Bonchev–Trinajstić information content (AvgIpc) is 2.42. The lowest BCUT2D eigenvalue weighted by atomic mass is 10.3. The molecule has 100 valence electrons. The third kappa shape index (κ3) is 3.64. The van der Waals surface area contributed by atoms with Crippen LogP contribution in [0.5, 0.6) is 0 Å². The summed E-state index contributed by atoms with van der Waals surface area (Å²) in [5.41, 5.74) is 1.69. The zero-order valence-corrected chi connectivity index (χ0v) is 11.3. The van der Waals surface area contributed by atoms with Gasteiger partial charge in [0.25, 0.3) is 5.56 Å². The molecule has 0 bridgehead atoms. The lowest BCUT2D eigenvalue weighted by molar-refractivity contribution is 0.627. The molecule has 0 spiro atoms. The molecule has 0 aromatic carbocycles. The van der Waals surface area contributed by atoms with Crippen molar-refractivity contribution in [3.63, 3.8) is 0 Å².